The van der Waals surface area contributed by atoms with Crippen molar-refractivity contribution in [2.75, 3.05) is 12.1 Å². The van der Waals surface area contributed by atoms with Crippen molar-refractivity contribution >= 4 is 29.0 Å². The van der Waals surface area contributed by atoms with E-state index in [9.17, 15) is 9.90 Å². The van der Waals surface area contributed by atoms with E-state index < -0.39 is 5.97 Å². The molecule has 1 fully saturated rings. The van der Waals surface area contributed by atoms with E-state index in [1.807, 2.05) is 11.1 Å². The first-order valence-corrected chi connectivity index (χ1v) is 10.2. The molecule has 0 bridgehead atoms. The minimum atomic E-state index is -1.09. The van der Waals surface area contributed by atoms with Crippen molar-refractivity contribution in [3.8, 4) is 11.9 Å². The molecule has 8 heteroatoms. The monoisotopic (exact) mass is 424 g/mol. The largest absolute Gasteiger partial charge is 0.480 e. The third-order valence-corrected chi connectivity index (χ3v) is 6.12. The smallest absolute Gasteiger partial charge is 0.341 e. The highest BCUT2D eigenvalue weighted by Gasteiger charge is 2.36. The Morgan fingerprint density at radius 3 is 2.70 bits per heavy atom. The van der Waals surface area contributed by atoms with Gasteiger partial charge in [-0.15, -0.1) is 0 Å². The number of carboxylic acid groups (broad SMARTS) is 1. The van der Waals surface area contributed by atoms with Gasteiger partial charge in [-0.3, -0.25) is 5.01 Å². The number of carbonyl (C=O) groups is 1. The maximum absolute atomic E-state index is 11.4. The number of hydrogen-bond donors (Lipinski definition) is 1. The number of nitriles is 1. The maximum atomic E-state index is 11.4. The molecule has 0 unspecified atom stereocenters. The molecule has 1 aliphatic heterocycles. The van der Waals surface area contributed by atoms with Crippen molar-refractivity contribution in [1.29, 1.82) is 5.26 Å². The van der Waals surface area contributed by atoms with E-state index in [2.05, 4.69) is 11.1 Å². The van der Waals surface area contributed by atoms with Crippen molar-refractivity contribution < 1.29 is 14.6 Å². The van der Waals surface area contributed by atoms with Crippen molar-refractivity contribution in [2.45, 2.75) is 38.1 Å². The fraction of sp³-hybridized carbons (Fsp3) is 0.364. The molecule has 0 radical (unpaired) electrons. The summed E-state index contributed by atoms with van der Waals surface area (Å²) >= 11 is 6.27. The number of hydrazone groups is 1. The fourth-order valence-corrected chi connectivity index (χ4v) is 4.52. The van der Waals surface area contributed by atoms with E-state index in [0.717, 1.165) is 24.2 Å². The molecule has 2 aromatic rings. The van der Waals surface area contributed by atoms with Gasteiger partial charge in [-0.05, 0) is 49.1 Å². The van der Waals surface area contributed by atoms with Crippen LogP contribution in [0.5, 0.6) is 5.88 Å². The number of nitrogens with zero attached hydrogens (tertiary/aromatic N) is 4. The van der Waals surface area contributed by atoms with Gasteiger partial charge in [0.2, 0.25) is 5.88 Å². The van der Waals surface area contributed by atoms with Crippen LogP contribution in [-0.2, 0) is 0 Å². The molecule has 1 aromatic carbocycles. The van der Waals surface area contributed by atoms with E-state index >= 15 is 0 Å². The first-order chi connectivity index (χ1) is 14.5. The predicted octanol–water partition coefficient (Wildman–Crippen LogP) is 4.49. The van der Waals surface area contributed by atoms with Crippen LogP contribution in [0.1, 0.15) is 53.7 Å². The third-order valence-electron chi connectivity index (χ3n) is 5.81. The Morgan fingerprint density at radius 2 is 2.07 bits per heavy atom. The molecule has 4 rings (SSSR count). The van der Waals surface area contributed by atoms with Crippen molar-refractivity contribution in [1.82, 2.24) is 4.98 Å². The van der Waals surface area contributed by atoms with Gasteiger partial charge in [0.05, 0.1) is 40.8 Å². The SMILES string of the molecule is COc1nc(C2=NN(c3ccc(C#N)c(Cl)c3)[C@H](C3CCCC3)C2)ccc1C(=O)O. The number of pyridine rings is 1. The van der Waals surface area contributed by atoms with E-state index in [1.54, 1.807) is 18.2 Å². The van der Waals surface area contributed by atoms with Crippen LogP contribution in [0.4, 0.5) is 5.69 Å². The van der Waals surface area contributed by atoms with Crippen LogP contribution in [0.3, 0.4) is 0 Å². The number of halogens is 1. The number of aromatic carboxylic acids is 1. The number of rotatable bonds is 5. The Hall–Kier alpha value is -3.11. The second-order valence-electron chi connectivity index (χ2n) is 7.54. The van der Waals surface area contributed by atoms with Crippen LogP contribution in [-0.4, -0.2) is 34.9 Å². The molecule has 0 amide bonds. The normalized spacial score (nSPS) is 18.9. The number of hydrogen-bond acceptors (Lipinski definition) is 6. The van der Waals surface area contributed by atoms with Crippen molar-refractivity contribution in [2.24, 2.45) is 11.0 Å². The first-order valence-electron chi connectivity index (χ1n) is 9.87. The van der Waals surface area contributed by atoms with Gasteiger partial charge in [-0.1, -0.05) is 24.4 Å². The summed E-state index contributed by atoms with van der Waals surface area (Å²) in [4.78, 5) is 15.8. The number of ether oxygens (including phenoxy) is 1. The summed E-state index contributed by atoms with van der Waals surface area (Å²) in [7, 11) is 1.40. The molecule has 2 heterocycles. The molecular formula is C22H21ClN4O3. The third kappa shape index (κ3) is 3.71. The average Bonchev–Trinajstić information content (AvgIpc) is 3.43. The second kappa shape index (κ2) is 8.33. The lowest BCUT2D eigenvalue weighted by atomic mass is 9.93. The molecule has 7 nitrogen and oxygen atoms in total. The van der Waals surface area contributed by atoms with Crippen LogP contribution in [0, 0.1) is 17.2 Å². The fourth-order valence-electron chi connectivity index (χ4n) is 4.30. The van der Waals surface area contributed by atoms with E-state index in [1.165, 1.54) is 26.0 Å². The zero-order valence-electron chi connectivity index (χ0n) is 16.5. The minimum Gasteiger partial charge on any atom is -0.480 e. The van der Waals surface area contributed by atoms with Gasteiger partial charge >= 0.3 is 5.97 Å². The lowest BCUT2D eigenvalue weighted by Crippen LogP contribution is -2.32. The van der Waals surface area contributed by atoms with Crippen LogP contribution in [0.15, 0.2) is 35.4 Å². The van der Waals surface area contributed by atoms with Gasteiger partial charge in [0.1, 0.15) is 11.6 Å². The number of methoxy groups -OCH3 is 1. The summed E-state index contributed by atoms with van der Waals surface area (Å²) < 4.78 is 5.18. The zero-order chi connectivity index (χ0) is 21.3. The van der Waals surface area contributed by atoms with Gasteiger partial charge in [-0.25, -0.2) is 9.78 Å². The molecule has 154 valence electrons. The van der Waals surface area contributed by atoms with Gasteiger partial charge in [0.25, 0.3) is 0 Å². The van der Waals surface area contributed by atoms with Crippen LogP contribution in [0.2, 0.25) is 5.02 Å². The summed E-state index contributed by atoms with van der Waals surface area (Å²) in [6, 6.07) is 10.8. The minimum absolute atomic E-state index is 0.0166. The first kappa shape index (κ1) is 20.2. The molecule has 1 N–H and O–H groups in total. The summed E-state index contributed by atoms with van der Waals surface area (Å²) in [6.45, 7) is 0. The number of aromatic nitrogens is 1. The Bertz CT molecular complexity index is 1060. The maximum Gasteiger partial charge on any atom is 0.341 e. The summed E-state index contributed by atoms with van der Waals surface area (Å²) in [5, 5.41) is 25.7. The second-order valence-corrected chi connectivity index (χ2v) is 7.95. The summed E-state index contributed by atoms with van der Waals surface area (Å²) in [6.07, 6.45) is 5.39. The van der Waals surface area contributed by atoms with E-state index in [0.29, 0.717) is 28.6 Å². The Labute approximate surface area is 179 Å². The van der Waals surface area contributed by atoms with Crippen molar-refractivity contribution in [3.05, 3.63) is 52.2 Å². The van der Waals surface area contributed by atoms with Gasteiger partial charge in [0, 0.05) is 6.42 Å². The highest BCUT2D eigenvalue weighted by molar-refractivity contribution is 6.32. The Morgan fingerprint density at radius 1 is 1.30 bits per heavy atom. The predicted molar refractivity (Wildman–Crippen MR) is 113 cm³/mol. The molecule has 1 saturated carbocycles. The lowest BCUT2D eigenvalue weighted by molar-refractivity contribution is 0.0692. The molecule has 2 aliphatic rings. The Kier molecular flexibility index (Phi) is 5.60. The molecule has 1 aliphatic carbocycles. The highest BCUT2D eigenvalue weighted by atomic mass is 35.5. The lowest BCUT2D eigenvalue weighted by Gasteiger charge is -2.28. The highest BCUT2D eigenvalue weighted by Crippen LogP contribution is 2.39. The number of benzene rings is 1. The molecule has 1 atom stereocenters. The molecule has 0 saturated heterocycles. The molecule has 0 spiro atoms. The van der Waals surface area contributed by atoms with E-state index in [4.69, 9.17) is 26.7 Å². The van der Waals surface area contributed by atoms with Gasteiger partial charge in [0.15, 0.2) is 0 Å². The van der Waals surface area contributed by atoms with Crippen molar-refractivity contribution in [3.63, 3.8) is 0 Å². The number of anilines is 1. The molecule has 1 aromatic heterocycles. The summed E-state index contributed by atoms with van der Waals surface area (Å²) in [5.41, 5.74) is 2.66. The van der Waals surface area contributed by atoms with Crippen LogP contribution < -0.4 is 9.75 Å². The number of carboxylic acids is 1. The Balaban J connectivity index is 1.72. The quantitative estimate of drug-likeness (QED) is 0.759. The van der Waals surface area contributed by atoms with Gasteiger partial charge in [-0.2, -0.15) is 10.4 Å². The molecular weight excluding hydrogens is 404 g/mol. The summed E-state index contributed by atoms with van der Waals surface area (Å²) in [5.74, 6) is -0.516. The van der Waals surface area contributed by atoms with E-state index in [-0.39, 0.29) is 17.5 Å². The topological polar surface area (TPSA) is 98.8 Å². The van der Waals surface area contributed by atoms with Gasteiger partial charge < -0.3 is 9.84 Å². The van der Waals surface area contributed by atoms with Crippen LogP contribution >= 0.6 is 11.6 Å². The standard InChI is InChI=1S/C22H21ClN4O3/c1-30-21-16(22(28)29)8-9-18(25-21)19-11-20(13-4-2-3-5-13)27(26-19)15-7-6-14(12-24)17(23)10-15/h6-10,13,20H,2-5,11H2,1H3,(H,28,29)/t20-/m0/s1. The van der Waals surface area contributed by atoms with Crippen LogP contribution in [0.25, 0.3) is 0 Å². The molecule has 30 heavy (non-hydrogen) atoms. The zero-order valence-corrected chi connectivity index (χ0v) is 17.3. The average molecular weight is 425 g/mol.